The molecule has 5 heteroatoms. The van der Waals surface area contributed by atoms with Gasteiger partial charge in [0.2, 0.25) is 0 Å². The number of carbonyl (C=O) groups is 1. The molecule has 2 atom stereocenters. The monoisotopic (exact) mass is 331 g/mol. The van der Waals surface area contributed by atoms with E-state index in [1.165, 1.54) is 30.6 Å². The van der Waals surface area contributed by atoms with Gasteiger partial charge >= 0.3 is 0 Å². The molecule has 0 aromatic carbocycles. The van der Waals surface area contributed by atoms with Gasteiger partial charge in [0.15, 0.2) is 0 Å². The van der Waals surface area contributed by atoms with Gasteiger partial charge in [-0.3, -0.25) is 4.79 Å². The van der Waals surface area contributed by atoms with Crippen LogP contribution in [0.3, 0.4) is 0 Å². The number of rotatable bonds is 4. The summed E-state index contributed by atoms with van der Waals surface area (Å²) in [6.45, 7) is 0. The third-order valence-corrected chi connectivity index (χ3v) is 5.21. The Morgan fingerprint density at radius 2 is 2.33 bits per heavy atom. The molecule has 1 aliphatic rings. The van der Waals surface area contributed by atoms with Crippen molar-refractivity contribution in [3.05, 3.63) is 16.3 Å². The lowest BCUT2D eigenvalue weighted by Gasteiger charge is -2.30. The Balaban J connectivity index is 2.02. The minimum atomic E-state index is -0.000278. The Bertz CT molecular complexity index is 407. The Morgan fingerprint density at radius 1 is 1.56 bits per heavy atom. The Hall–Kier alpha value is -0.550. The standard InChI is InChI=1S/C13H18BrNO2S/c1-17-11-6-7-18-12(11)13(16)15-10-5-3-2-4-9(10)8-14/h6-7,9-10H,2-5,8H2,1H3,(H,15,16). The van der Waals surface area contributed by atoms with E-state index < -0.39 is 0 Å². The fraction of sp³-hybridized carbons (Fsp3) is 0.615. The zero-order valence-corrected chi connectivity index (χ0v) is 12.9. The maximum absolute atomic E-state index is 12.2. The number of methoxy groups -OCH3 is 1. The van der Waals surface area contributed by atoms with Crippen molar-refractivity contribution in [1.29, 1.82) is 0 Å². The number of carbonyl (C=O) groups excluding carboxylic acids is 1. The number of ether oxygens (including phenoxy) is 1. The van der Waals surface area contributed by atoms with Crippen molar-refractivity contribution in [3.63, 3.8) is 0 Å². The van der Waals surface area contributed by atoms with Crippen molar-refractivity contribution < 1.29 is 9.53 Å². The highest BCUT2D eigenvalue weighted by Crippen LogP contribution is 2.28. The van der Waals surface area contributed by atoms with Crippen molar-refractivity contribution in [2.75, 3.05) is 12.4 Å². The summed E-state index contributed by atoms with van der Waals surface area (Å²) in [6, 6.07) is 2.13. The molecule has 1 aromatic heterocycles. The van der Waals surface area contributed by atoms with Crippen LogP contribution in [0.1, 0.15) is 35.4 Å². The molecule has 0 spiro atoms. The summed E-state index contributed by atoms with van der Waals surface area (Å²) < 4.78 is 5.19. The molecule has 0 saturated heterocycles. The fourth-order valence-corrected chi connectivity index (χ4v) is 3.98. The lowest BCUT2D eigenvalue weighted by molar-refractivity contribution is 0.0913. The largest absolute Gasteiger partial charge is 0.495 e. The second-order valence-corrected chi connectivity index (χ2v) is 6.16. The van der Waals surface area contributed by atoms with Gasteiger partial charge in [-0.25, -0.2) is 0 Å². The predicted octanol–water partition coefficient (Wildman–Crippen LogP) is 3.44. The molecule has 3 nitrogen and oxygen atoms in total. The van der Waals surface area contributed by atoms with Gasteiger partial charge in [0, 0.05) is 11.4 Å². The molecule has 18 heavy (non-hydrogen) atoms. The highest BCUT2D eigenvalue weighted by molar-refractivity contribution is 9.09. The van der Waals surface area contributed by atoms with Crippen molar-refractivity contribution in [1.82, 2.24) is 5.32 Å². The van der Waals surface area contributed by atoms with Crippen LogP contribution in [-0.4, -0.2) is 24.4 Å². The summed E-state index contributed by atoms with van der Waals surface area (Å²) >= 11 is 4.98. The molecular weight excluding hydrogens is 314 g/mol. The maximum Gasteiger partial charge on any atom is 0.265 e. The van der Waals surface area contributed by atoms with Crippen LogP contribution in [0.2, 0.25) is 0 Å². The summed E-state index contributed by atoms with van der Waals surface area (Å²) in [5.74, 6) is 1.22. The van der Waals surface area contributed by atoms with Gasteiger partial charge in [-0.15, -0.1) is 11.3 Å². The third kappa shape index (κ3) is 3.06. The average Bonchev–Trinajstić information content (AvgIpc) is 2.87. The first-order valence-corrected chi connectivity index (χ1v) is 8.24. The van der Waals surface area contributed by atoms with Crippen LogP contribution >= 0.6 is 27.3 Å². The van der Waals surface area contributed by atoms with Crippen LogP contribution in [0.4, 0.5) is 0 Å². The minimum Gasteiger partial charge on any atom is -0.495 e. The van der Waals surface area contributed by atoms with E-state index >= 15 is 0 Å². The van der Waals surface area contributed by atoms with Crippen molar-refractivity contribution in [3.8, 4) is 5.75 Å². The number of nitrogens with one attached hydrogen (secondary N) is 1. The fourth-order valence-electron chi connectivity index (χ4n) is 2.44. The Labute approximate surface area is 120 Å². The molecule has 1 amide bonds. The number of alkyl halides is 1. The summed E-state index contributed by atoms with van der Waals surface area (Å²) in [4.78, 5) is 12.9. The smallest absolute Gasteiger partial charge is 0.265 e. The van der Waals surface area contributed by atoms with Crippen molar-refractivity contribution in [2.45, 2.75) is 31.7 Å². The molecule has 100 valence electrons. The van der Waals surface area contributed by atoms with E-state index in [2.05, 4.69) is 21.2 Å². The first kappa shape index (κ1) is 13.9. The van der Waals surface area contributed by atoms with Gasteiger partial charge < -0.3 is 10.1 Å². The molecule has 2 unspecified atom stereocenters. The minimum absolute atomic E-state index is 0.000278. The molecule has 0 bridgehead atoms. The first-order valence-electron chi connectivity index (χ1n) is 6.24. The van der Waals surface area contributed by atoms with Crippen LogP contribution in [0.15, 0.2) is 11.4 Å². The average molecular weight is 332 g/mol. The molecule has 1 aromatic rings. The van der Waals surface area contributed by atoms with E-state index in [0.717, 1.165) is 11.8 Å². The number of hydrogen-bond donors (Lipinski definition) is 1. The SMILES string of the molecule is COc1ccsc1C(=O)NC1CCCCC1CBr. The lowest BCUT2D eigenvalue weighted by atomic mass is 9.86. The van der Waals surface area contributed by atoms with E-state index in [1.54, 1.807) is 7.11 Å². The van der Waals surface area contributed by atoms with Gasteiger partial charge in [0.1, 0.15) is 10.6 Å². The second-order valence-electron chi connectivity index (χ2n) is 4.60. The molecule has 2 rings (SSSR count). The maximum atomic E-state index is 12.2. The zero-order valence-electron chi connectivity index (χ0n) is 10.4. The third-order valence-electron chi connectivity index (χ3n) is 3.48. The van der Waals surface area contributed by atoms with Crippen molar-refractivity contribution >= 4 is 33.2 Å². The van der Waals surface area contributed by atoms with E-state index in [4.69, 9.17) is 4.74 Å². The molecule has 1 saturated carbocycles. The van der Waals surface area contributed by atoms with Crippen molar-refractivity contribution in [2.24, 2.45) is 5.92 Å². The molecule has 1 fully saturated rings. The molecule has 1 aliphatic carbocycles. The van der Waals surface area contributed by atoms with Crippen LogP contribution in [0, 0.1) is 5.92 Å². The molecule has 0 aliphatic heterocycles. The van der Waals surface area contributed by atoms with Gasteiger partial charge in [-0.2, -0.15) is 0 Å². The van der Waals surface area contributed by atoms with Gasteiger partial charge in [-0.1, -0.05) is 28.8 Å². The summed E-state index contributed by atoms with van der Waals surface area (Å²) in [5, 5.41) is 6.00. The van der Waals surface area contributed by atoms with E-state index in [-0.39, 0.29) is 11.9 Å². The number of hydrogen-bond acceptors (Lipinski definition) is 3. The summed E-state index contributed by atoms with van der Waals surface area (Å²) in [7, 11) is 1.60. The van der Waals surface area contributed by atoms with E-state index in [0.29, 0.717) is 16.5 Å². The Kier molecular flexibility index (Phi) is 5.06. The van der Waals surface area contributed by atoms with Gasteiger partial charge in [0.05, 0.1) is 7.11 Å². The second kappa shape index (κ2) is 6.57. The molecule has 1 N–H and O–H groups in total. The first-order chi connectivity index (χ1) is 8.76. The zero-order chi connectivity index (χ0) is 13.0. The van der Waals surface area contributed by atoms with Crippen LogP contribution in [0.25, 0.3) is 0 Å². The molecule has 1 heterocycles. The number of amides is 1. The summed E-state index contributed by atoms with van der Waals surface area (Å²) in [6.07, 6.45) is 4.74. The predicted molar refractivity (Wildman–Crippen MR) is 77.9 cm³/mol. The van der Waals surface area contributed by atoms with Crippen LogP contribution in [0.5, 0.6) is 5.75 Å². The Morgan fingerprint density at radius 3 is 3.06 bits per heavy atom. The van der Waals surface area contributed by atoms with E-state index in [1.807, 2.05) is 11.4 Å². The topological polar surface area (TPSA) is 38.3 Å². The quantitative estimate of drug-likeness (QED) is 0.858. The van der Waals surface area contributed by atoms with Gasteiger partial charge in [0.25, 0.3) is 5.91 Å². The lowest BCUT2D eigenvalue weighted by Crippen LogP contribution is -2.42. The highest BCUT2D eigenvalue weighted by atomic mass is 79.9. The number of halogens is 1. The van der Waals surface area contributed by atoms with Crippen LogP contribution < -0.4 is 10.1 Å². The van der Waals surface area contributed by atoms with E-state index in [9.17, 15) is 4.79 Å². The number of thiophene rings is 1. The molecule has 0 radical (unpaired) electrons. The molecular formula is C13H18BrNO2S. The normalized spacial score (nSPS) is 23.7. The van der Waals surface area contributed by atoms with Crippen LogP contribution in [-0.2, 0) is 0 Å². The van der Waals surface area contributed by atoms with Gasteiger partial charge in [-0.05, 0) is 30.2 Å². The highest BCUT2D eigenvalue weighted by Gasteiger charge is 2.27. The summed E-state index contributed by atoms with van der Waals surface area (Å²) in [5.41, 5.74) is 0.